The van der Waals surface area contributed by atoms with Gasteiger partial charge in [0.1, 0.15) is 5.75 Å². The number of hydrogen-bond donors (Lipinski definition) is 0. The molecule has 1 rings (SSSR count). The van der Waals surface area contributed by atoms with Gasteiger partial charge >= 0.3 is 6.61 Å². The molecule has 0 aliphatic rings. The quantitative estimate of drug-likeness (QED) is 0.754. The third kappa shape index (κ3) is 3.16. The van der Waals surface area contributed by atoms with Crippen LogP contribution in [-0.4, -0.2) is 11.9 Å². The number of aryl methyl sites for hydroxylation is 1. The number of alkyl halides is 3. The summed E-state index contributed by atoms with van der Waals surface area (Å²) in [6.07, 6.45) is 0. The van der Waals surface area contributed by atoms with Gasteiger partial charge in [0.25, 0.3) is 0 Å². The van der Waals surface area contributed by atoms with E-state index in [2.05, 4.69) is 20.7 Å². The fourth-order valence-electron chi connectivity index (χ4n) is 1.40. The first-order valence-corrected chi connectivity index (χ1v) is 5.78. The van der Waals surface area contributed by atoms with Crippen LogP contribution >= 0.6 is 15.9 Å². The summed E-state index contributed by atoms with van der Waals surface area (Å²) in [5, 5.41) is 0.718. The van der Waals surface area contributed by atoms with Gasteiger partial charge in [0.2, 0.25) is 0 Å². The number of benzene rings is 1. The highest BCUT2D eigenvalue weighted by atomic mass is 79.9. The lowest BCUT2D eigenvalue weighted by Gasteiger charge is -2.16. The van der Waals surface area contributed by atoms with Crippen molar-refractivity contribution in [2.45, 2.75) is 26.4 Å². The molecule has 0 aliphatic carbocycles. The van der Waals surface area contributed by atoms with Gasteiger partial charge in [0, 0.05) is 5.33 Å². The molecule has 0 radical (unpaired) electrons. The summed E-state index contributed by atoms with van der Waals surface area (Å²) < 4.78 is 29.0. The van der Waals surface area contributed by atoms with E-state index in [0.717, 1.165) is 16.5 Å². The van der Waals surface area contributed by atoms with E-state index in [1.54, 1.807) is 13.0 Å². The average molecular weight is 279 g/mol. The molecule has 1 nitrogen and oxygen atoms in total. The number of ether oxygens (including phenoxy) is 1. The number of rotatable bonds is 4. The number of hydrogen-bond acceptors (Lipinski definition) is 1. The maximum absolute atomic E-state index is 12.2. The van der Waals surface area contributed by atoms with Crippen LogP contribution in [0.5, 0.6) is 5.75 Å². The van der Waals surface area contributed by atoms with E-state index in [4.69, 9.17) is 0 Å². The van der Waals surface area contributed by atoms with Crippen molar-refractivity contribution in [3.05, 3.63) is 29.3 Å². The Hall–Kier alpha value is -0.640. The van der Waals surface area contributed by atoms with Gasteiger partial charge in [-0.25, -0.2) is 0 Å². The normalized spacial score (nSPS) is 12.9. The van der Waals surface area contributed by atoms with Crippen LogP contribution in [0.1, 0.15) is 24.0 Å². The van der Waals surface area contributed by atoms with Crippen molar-refractivity contribution in [1.82, 2.24) is 0 Å². The molecule has 0 heterocycles. The van der Waals surface area contributed by atoms with E-state index >= 15 is 0 Å². The van der Waals surface area contributed by atoms with Gasteiger partial charge in [-0.3, -0.25) is 0 Å². The summed E-state index contributed by atoms with van der Waals surface area (Å²) in [4.78, 5) is 0. The molecule has 1 aromatic carbocycles. The first kappa shape index (κ1) is 12.4. The molecule has 1 atom stereocenters. The van der Waals surface area contributed by atoms with Crippen LogP contribution in [0.3, 0.4) is 0 Å². The zero-order valence-electron chi connectivity index (χ0n) is 8.64. The molecule has 0 bridgehead atoms. The highest BCUT2D eigenvalue weighted by Gasteiger charge is 2.15. The highest BCUT2D eigenvalue weighted by molar-refractivity contribution is 9.09. The van der Waals surface area contributed by atoms with E-state index in [1.807, 2.05) is 19.1 Å². The second-order valence-corrected chi connectivity index (χ2v) is 4.07. The van der Waals surface area contributed by atoms with Gasteiger partial charge in [0.15, 0.2) is 0 Å². The van der Waals surface area contributed by atoms with Crippen molar-refractivity contribution >= 4 is 15.9 Å². The maximum atomic E-state index is 12.2. The van der Waals surface area contributed by atoms with Gasteiger partial charge in [-0.1, -0.05) is 41.1 Å². The Morgan fingerprint density at radius 1 is 1.40 bits per heavy atom. The first-order valence-electron chi connectivity index (χ1n) is 4.66. The Labute approximate surface area is 96.6 Å². The Morgan fingerprint density at radius 3 is 2.60 bits per heavy atom. The van der Waals surface area contributed by atoms with Crippen LogP contribution in [0.2, 0.25) is 0 Å². The van der Waals surface area contributed by atoms with Gasteiger partial charge < -0.3 is 4.74 Å². The van der Waals surface area contributed by atoms with Crippen molar-refractivity contribution in [2.75, 3.05) is 5.33 Å². The fraction of sp³-hybridized carbons (Fsp3) is 0.455. The van der Waals surface area contributed by atoms with Crippen molar-refractivity contribution in [2.24, 2.45) is 0 Å². The largest absolute Gasteiger partial charge is 0.434 e. The van der Waals surface area contributed by atoms with E-state index in [0.29, 0.717) is 5.75 Å². The molecule has 15 heavy (non-hydrogen) atoms. The van der Waals surface area contributed by atoms with Gasteiger partial charge in [-0.15, -0.1) is 0 Å². The molecule has 0 aromatic heterocycles. The number of para-hydroxylation sites is 1. The predicted molar refractivity (Wildman–Crippen MR) is 60.0 cm³/mol. The standard InChI is InChI=1S/C11H13BrF2O/c1-7-4-3-5-9(8(2)6-12)10(7)15-11(13)14/h3-5,8,11H,6H2,1-2H3. The summed E-state index contributed by atoms with van der Waals surface area (Å²) in [6.45, 7) is 0.955. The minimum Gasteiger partial charge on any atom is -0.434 e. The Morgan fingerprint density at radius 2 is 2.07 bits per heavy atom. The topological polar surface area (TPSA) is 9.23 Å². The minimum atomic E-state index is -2.77. The van der Waals surface area contributed by atoms with Crippen molar-refractivity contribution in [3.8, 4) is 5.75 Å². The lowest BCUT2D eigenvalue weighted by atomic mass is 10.00. The van der Waals surface area contributed by atoms with Gasteiger partial charge in [-0.05, 0) is 24.0 Å². The lowest BCUT2D eigenvalue weighted by Crippen LogP contribution is -2.08. The van der Waals surface area contributed by atoms with Gasteiger partial charge in [0.05, 0.1) is 0 Å². The van der Waals surface area contributed by atoms with Crippen LogP contribution in [0.25, 0.3) is 0 Å². The second-order valence-electron chi connectivity index (χ2n) is 3.43. The molecule has 1 aromatic rings. The predicted octanol–water partition coefficient (Wildman–Crippen LogP) is 4.09. The summed E-state index contributed by atoms with van der Waals surface area (Å²) in [5.74, 6) is 0.457. The number of halogens is 3. The van der Waals surface area contributed by atoms with E-state index in [9.17, 15) is 8.78 Å². The maximum Gasteiger partial charge on any atom is 0.387 e. The van der Waals surface area contributed by atoms with Crippen LogP contribution in [-0.2, 0) is 0 Å². The highest BCUT2D eigenvalue weighted by Crippen LogP contribution is 2.31. The van der Waals surface area contributed by atoms with Crippen molar-refractivity contribution < 1.29 is 13.5 Å². The summed E-state index contributed by atoms with van der Waals surface area (Å²) in [7, 11) is 0. The van der Waals surface area contributed by atoms with Crippen LogP contribution in [0, 0.1) is 6.92 Å². The minimum absolute atomic E-state index is 0.152. The second kappa shape index (κ2) is 5.45. The molecule has 0 saturated carbocycles. The SMILES string of the molecule is Cc1cccc(C(C)CBr)c1OC(F)F. The first-order chi connectivity index (χ1) is 7.06. The third-order valence-electron chi connectivity index (χ3n) is 2.21. The van der Waals surface area contributed by atoms with Crippen LogP contribution in [0.15, 0.2) is 18.2 Å². The summed E-state index contributed by atoms with van der Waals surface area (Å²) >= 11 is 3.33. The molecular weight excluding hydrogens is 266 g/mol. The Bertz CT molecular complexity index is 328. The molecule has 0 spiro atoms. The molecule has 1 unspecified atom stereocenters. The Kier molecular flexibility index (Phi) is 4.51. The van der Waals surface area contributed by atoms with E-state index < -0.39 is 6.61 Å². The summed E-state index contributed by atoms with van der Waals surface area (Å²) in [5.41, 5.74) is 1.55. The van der Waals surface area contributed by atoms with Crippen LogP contribution in [0.4, 0.5) is 8.78 Å². The van der Waals surface area contributed by atoms with Crippen molar-refractivity contribution in [1.29, 1.82) is 0 Å². The summed E-state index contributed by atoms with van der Waals surface area (Å²) in [6, 6.07) is 5.43. The van der Waals surface area contributed by atoms with E-state index in [-0.39, 0.29) is 5.92 Å². The molecule has 84 valence electrons. The average Bonchev–Trinajstić information content (AvgIpc) is 2.19. The molecule has 0 aliphatic heterocycles. The zero-order valence-corrected chi connectivity index (χ0v) is 10.2. The third-order valence-corrected chi connectivity index (χ3v) is 3.18. The lowest BCUT2D eigenvalue weighted by molar-refractivity contribution is -0.0510. The Balaban J connectivity index is 3.08. The zero-order chi connectivity index (χ0) is 11.4. The molecule has 4 heteroatoms. The molecular formula is C11H13BrF2O. The fourth-order valence-corrected chi connectivity index (χ4v) is 1.75. The monoisotopic (exact) mass is 278 g/mol. The van der Waals surface area contributed by atoms with Crippen LogP contribution < -0.4 is 4.74 Å². The molecule has 0 saturated heterocycles. The molecule has 0 N–H and O–H groups in total. The molecule has 0 fully saturated rings. The van der Waals surface area contributed by atoms with Crippen molar-refractivity contribution in [3.63, 3.8) is 0 Å². The van der Waals surface area contributed by atoms with E-state index in [1.165, 1.54) is 0 Å². The molecule has 0 amide bonds. The smallest absolute Gasteiger partial charge is 0.387 e. The van der Waals surface area contributed by atoms with Gasteiger partial charge in [-0.2, -0.15) is 8.78 Å².